The van der Waals surface area contributed by atoms with Crippen LogP contribution in [0.4, 0.5) is 4.79 Å². The van der Waals surface area contributed by atoms with E-state index in [1.165, 1.54) is 6.26 Å². The number of imidazole rings is 1. The summed E-state index contributed by atoms with van der Waals surface area (Å²) in [5.41, 5.74) is 3.47. The second-order valence-electron chi connectivity index (χ2n) is 6.56. The summed E-state index contributed by atoms with van der Waals surface area (Å²) in [6.45, 7) is 0.276. The van der Waals surface area contributed by atoms with Crippen LogP contribution in [0.3, 0.4) is 0 Å². The van der Waals surface area contributed by atoms with Crippen LogP contribution in [-0.4, -0.2) is 28.3 Å². The number of fused-ring (bicyclic) bond motifs is 1. The van der Waals surface area contributed by atoms with Gasteiger partial charge in [-0.25, -0.2) is 9.78 Å². The van der Waals surface area contributed by atoms with Crippen molar-refractivity contribution in [1.29, 1.82) is 0 Å². The van der Waals surface area contributed by atoms with Crippen LogP contribution in [0.1, 0.15) is 23.1 Å². The first kappa shape index (κ1) is 18.5. The van der Waals surface area contributed by atoms with Gasteiger partial charge < -0.3 is 24.9 Å². The van der Waals surface area contributed by atoms with E-state index in [4.69, 9.17) is 9.26 Å². The van der Waals surface area contributed by atoms with E-state index in [0.29, 0.717) is 17.9 Å². The van der Waals surface area contributed by atoms with Crippen LogP contribution in [0, 0.1) is 0 Å². The first-order valence-corrected chi connectivity index (χ1v) is 9.22. The van der Waals surface area contributed by atoms with Gasteiger partial charge in [-0.05, 0) is 36.2 Å². The summed E-state index contributed by atoms with van der Waals surface area (Å²) in [5.74, 6) is 1.48. The Morgan fingerprint density at radius 1 is 1.17 bits per heavy atom. The van der Waals surface area contributed by atoms with E-state index in [2.05, 4.69) is 25.8 Å². The molecule has 2 amide bonds. The molecule has 0 saturated heterocycles. The molecular weight excluding hydrogens is 370 g/mol. The molecule has 0 bridgehead atoms. The van der Waals surface area contributed by atoms with Crippen LogP contribution >= 0.6 is 0 Å². The Bertz CT molecular complexity index is 1040. The number of benzene rings is 2. The fourth-order valence-electron chi connectivity index (χ4n) is 3.06. The fourth-order valence-corrected chi connectivity index (χ4v) is 3.06. The lowest BCUT2D eigenvalue weighted by Crippen LogP contribution is -2.38. The number of ether oxygens (including phenoxy) is 1. The number of hydrogen-bond acceptors (Lipinski definition) is 5. The predicted octanol–water partition coefficient (Wildman–Crippen LogP) is 3.34. The number of carbonyl (C=O) groups is 1. The minimum absolute atomic E-state index is 0.276. The van der Waals surface area contributed by atoms with Crippen molar-refractivity contribution in [3.63, 3.8) is 0 Å². The van der Waals surface area contributed by atoms with Crippen molar-refractivity contribution in [2.24, 2.45) is 0 Å². The molecule has 1 atom stereocenters. The van der Waals surface area contributed by atoms with Gasteiger partial charge in [0, 0.05) is 6.07 Å². The van der Waals surface area contributed by atoms with Gasteiger partial charge in [0.25, 0.3) is 0 Å². The maximum absolute atomic E-state index is 12.5. The molecule has 0 aliphatic rings. The zero-order valence-corrected chi connectivity index (χ0v) is 15.9. The Kier molecular flexibility index (Phi) is 5.42. The van der Waals surface area contributed by atoms with Gasteiger partial charge in [-0.15, -0.1) is 0 Å². The Balaban J connectivity index is 1.52. The van der Waals surface area contributed by atoms with E-state index in [-0.39, 0.29) is 18.6 Å². The summed E-state index contributed by atoms with van der Waals surface area (Å²) in [4.78, 5) is 20.4. The smallest absolute Gasteiger partial charge is 0.315 e. The lowest BCUT2D eigenvalue weighted by Gasteiger charge is -2.17. The highest BCUT2D eigenvalue weighted by atomic mass is 16.5. The van der Waals surface area contributed by atoms with Gasteiger partial charge in [0.05, 0.1) is 30.7 Å². The van der Waals surface area contributed by atoms with Gasteiger partial charge in [0.2, 0.25) is 0 Å². The Labute approximate surface area is 167 Å². The largest absolute Gasteiger partial charge is 0.497 e. The molecule has 0 spiro atoms. The standard InChI is InChI=1S/C21H21N5O3/c1-28-16-8-6-14(7-9-16)12-19(20-23-17-4-2-3-5-18(17)24-20)25-21(27)22-13-15-10-11-29-26-15/h2-11,19H,12-13H2,1H3,(H,23,24)(H2,22,25,27). The van der Waals surface area contributed by atoms with Crippen LogP contribution in [0.2, 0.25) is 0 Å². The second kappa shape index (κ2) is 8.47. The van der Waals surface area contributed by atoms with Crippen molar-refractivity contribution in [2.45, 2.75) is 19.0 Å². The van der Waals surface area contributed by atoms with Crippen molar-refractivity contribution in [3.05, 3.63) is 77.9 Å². The molecular formula is C21H21N5O3. The molecule has 2 heterocycles. The molecule has 1 unspecified atom stereocenters. The number of hydrogen-bond donors (Lipinski definition) is 3. The molecule has 8 nitrogen and oxygen atoms in total. The fraction of sp³-hybridized carbons (Fsp3) is 0.190. The molecule has 0 aliphatic heterocycles. The number of urea groups is 1. The normalized spacial score (nSPS) is 11.9. The third-order valence-corrected chi connectivity index (χ3v) is 4.56. The summed E-state index contributed by atoms with van der Waals surface area (Å²) in [6, 6.07) is 16.6. The summed E-state index contributed by atoms with van der Waals surface area (Å²) >= 11 is 0. The van der Waals surface area contributed by atoms with E-state index < -0.39 is 0 Å². The highest BCUT2D eigenvalue weighted by Crippen LogP contribution is 2.21. The molecule has 29 heavy (non-hydrogen) atoms. The minimum atomic E-state index is -0.340. The molecule has 2 aromatic carbocycles. The molecule has 3 N–H and O–H groups in total. The average molecular weight is 391 g/mol. The third kappa shape index (κ3) is 4.55. The van der Waals surface area contributed by atoms with Crippen molar-refractivity contribution in [2.75, 3.05) is 7.11 Å². The number of aromatic amines is 1. The zero-order valence-electron chi connectivity index (χ0n) is 15.9. The van der Waals surface area contributed by atoms with Gasteiger partial charge in [-0.3, -0.25) is 0 Å². The number of rotatable bonds is 7. The maximum atomic E-state index is 12.5. The van der Waals surface area contributed by atoms with Crippen LogP contribution in [0.25, 0.3) is 11.0 Å². The number of H-pyrrole nitrogens is 1. The van der Waals surface area contributed by atoms with Gasteiger partial charge in [0.15, 0.2) is 0 Å². The Hall–Kier alpha value is -3.81. The highest BCUT2D eigenvalue weighted by molar-refractivity contribution is 5.76. The summed E-state index contributed by atoms with van der Waals surface area (Å²) in [6.07, 6.45) is 2.04. The number of amides is 2. The SMILES string of the molecule is COc1ccc(CC(NC(=O)NCc2ccon2)c2nc3ccccc3[nH]2)cc1. The molecule has 0 fully saturated rings. The lowest BCUT2D eigenvalue weighted by atomic mass is 10.1. The van der Waals surface area contributed by atoms with Crippen LogP contribution < -0.4 is 15.4 Å². The minimum Gasteiger partial charge on any atom is -0.497 e. The summed E-state index contributed by atoms with van der Waals surface area (Å²) in [7, 11) is 1.63. The van der Waals surface area contributed by atoms with Crippen molar-refractivity contribution < 1.29 is 14.1 Å². The van der Waals surface area contributed by atoms with Crippen molar-refractivity contribution in [3.8, 4) is 5.75 Å². The number of nitrogens with one attached hydrogen (secondary N) is 3. The summed E-state index contributed by atoms with van der Waals surface area (Å²) in [5, 5.41) is 9.58. The number of carbonyl (C=O) groups excluding carboxylic acids is 1. The van der Waals surface area contributed by atoms with Crippen LogP contribution in [-0.2, 0) is 13.0 Å². The quantitative estimate of drug-likeness (QED) is 0.448. The molecule has 148 valence electrons. The van der Waals surface area contributed by atoms with E-state index in [9.17, 15) is 4.79 Å². The average Bonchev–Trinajstić information content (AvgIpc) is 3.42. The van der Waals surface area contributed by atoms with E-state index in [1.807, 2.05) is 48.5 Å². The van der Waals surface area contributed by atoms with Gasteiger partial charge >= 0.3 is 6.03 Å². The number of aromatic nitrogens is 3. The monoisotopic (exact) mass is 391 g/mol. The highest BCUT2D eigenvalue weighted by Gasteiger charge is 2.19. The molecule has 0 radical (unpaired) electrons. The third-order valence-electron chi connectivity index (χ3n) is 4.56. The first-order chi connectivity index (χ1) is 14.2. The Morgan fingerprint density at radius 2 is 2.00 bits per heavy atom. The predicted molar refractivity (Wildman–Crippen MR) is 107 cm³/mol. The number of methoxy groups -OCH3 is 1. The first-order valence-electron chi connectivity index (χ1n) is 9.22. The second-order valence-corrected chi connectivity index (χ2v) is 6.56. The summed E-state index contributed by atoms with van der Waals surface area (Å²) < 4.78 is 10.0. The van der Waals surface area contributed by atoms with Gasteiger partial charge in [-0.1, -0.05) is 29.4 Å². The van der Waals surface area contributed by atoms with Gasteiger partial charge in [-0.2, -0.15) is 0 Å². The van der Waals surface area contributed by atoms with Crippen LogP contribution in [0.15, 0.2) is 65.4 Å². The van der Waals surface area contributed by atoms with E-state index in [0.717, 1.165) is 22.3 Å². The van der Waals surface area contributed by atoms with Crippen molar-refractivity contribution in [1.82, 2.24) is 25.8 Å². The molecule has 2 aromatic heterocycles. The molecule has 0 saturated carbocycles. The van der Waals surface area contributed by atoms with Crippen molar-refractivity contribution >= 4 is 17.1 Å². The molecule has 4 rings (SSSR count). The van der Waals surface area contributed by atoms with E-state index >= 15 is 0 Å². The van der Waals surface area contributed by atoms with Crippen LogP contribution in [0.5, 0.6) is 5.75 Å². The maximum Gasteiger partial charge on any atom is 0.315 e. The number of para-hydroxylation sites is 2. The molecule has 0 aliphatic carbocycles. The van der Waals surface area contributed by atoms with E-state index in [1.54, 1.807) is 13.2 Å². The van der Waals surface area contributed by atoms with Gasteiger partial charge in [0.1, 0.15) is 23.5 Å². The number of nitrogens with zero attached hydrogens (tertiary/aromatic N) is 2. The molecule has 8 heteroatoms. The zero-order chi connectivity index (χ0) is 20.1. The Morgan fingerprint density at radius 3 is 2.72 bits per heavy atom. The topological polar surface area (TPSA) is 105 Å². The molecule has 4 aromatic rings. The lowest BCUT2D eigenvalue weighted by molar-refractivity contribution is 0.235.